The monoisotopic (exact) mass is 474 g/mol. The van der Waals surface area contributed by atoms with Crippen molar-refractivity contribution in [3.8, 4) is 5.75 Å². The number of esters is 2. The second-order valence-corrected chi connectivity index (χ2v) is 8.55. The molecule has 1 unspecified atom stereocenters. The Morgan fingerprint density at radius 2 is 1.85 bits per heavy atom. The molecule has 4 rings (SSSR count). The molecule has 0 N–H and O–H groups in total. The predicted octanol–water partition coefficient (Wildman–Crippen LogP) is 2.89. The maximum absolute atomic E-state index is 13.5. The minimum Gasteiger partial charge on any atom is -0.458 e. The Kier molecular flexibility index (Phi) is 6.70. The largest absolute Gasteiger partial charge is 0.458 e. The van der Waals surface area contributed by atoms with Crippen LogP contribution in [0.15, 0.2) is 88.3 Å². The van der Waals surface area contributed by atoms with Gasteiger partial charge in [0.15, 0.2) is 4.80 Å². The summed E-state index contributed by atoms with van der Waals surface area (Å²) >= 11 is 1.25. The Morgan fingerprint density at radius 3 is 2.50 bits per heavy atom. The van der Waals surface area contributed by atoms with Crippen LogP contribution in [0.25, 0.3) is 6.08 Å². The maximum atomic E-state index is 13.5. The number of nitrogens with zero attached hydrogens (tertiary/aromatic N) is 2. The normalized spacial score (nSPS) is 15.4. The van der Waals surface area contributed by atoms with Crippen LogP contribution < -0.4 is 19.6 Å². The van der Waals surface area contributed by atoms with E-state index in [2.05, 4.69) is 11.6 Å². The number of aromatic nitrogens is 1. The summed E-state index contributed by atoms with van der Waals surface area (Å²) in [6.45, 7) is 6.72. The number of hydrogen-bond donors (Lipinski definition) is 0. The predicted molar refractivity (Wildman–Crippen MR) is 129 cm³/mol. The van der Waals surface area contributed by atoms with Gasteiger partial charge in [-0.15, -0.1) is 0 Å². The van der Waals surface area contributed by atoms with E-state index >= 15 is 0 Å². The molecule has 0 spiro atoms. The van der Waals surface area contributed by atoms with Crippen molar-refractivity contribution in [3.05, 3.63) is 109 Å². The molecular weight excluding hydrogens is 452 g/mol. The Hall–Kier alpha value is -4.04. The third kappa shape index (κ3) is 4.67. The Morgan fingerprint density at radius 1 is 1.15 bits per heavy atom. The molecule has 7 nitrogen and oxygen atoms in total. The zero-order chi connectivity index (χ0) is 24.2. The first-order valence-corrected chi connectivity index (χ1v) is 11.3. The lowest BCUT2D eigenvalue weighted by Crippen LogP contribution is -2.39. The molecule has 172 valence electrons. The average Bonchev–Trinajstić information content (AvgIpc) is 3.12. The number of carbonyl (C=O) groups excluding carboxylic acids is 2. The third-order valence-corrected chi connectivity index (χ3v) is 6.11. The number of rotatable bonds is 6. The van der Waals surface area contributed by atoms with E-state index in [4.69, 9.17) is 9.47 Å². The van der Waals surface area contributed by atoms with Gasteiger partial charge in [-0.05, 0) is 36.3 Å². The highest BCUT2D eigenvalue weighted by atomic mass is 32.1. The summed E-state index contributed by atoms with van der Waals surface area (Å²) in [4.78, 5) is 42.6. The number of hydrogen-bond acceptors (Lipinski definition) is 7. The smallest absolute Gasteiger partial charge is 0.338 e. The molecule has 8 heteroatoms. The lowest BCUT2D eigenvalue weighted by Gasteiger charge is -2.24. The van der Waals surface area contributed by atoms with Crippen LogP contribution in [0.4, 0.5) is 0 Å². The van der Waals surface area contributed by atoms with Crippen LogP contribution in [0.1, 0.15) is 31.0 Å². The van der Waals surface area contributed by atoms with E-state index in [9.17, 15) is 14.4 Å². The molecule has 3 aromatic rings. The SMILES string of the molecule is C=CCOC(=O)C1=C(C)N=c2sc(=Cc3ccc(OC(C)=O)cc3)c(=O)n2C1c1ccccc1. The third-order valence-electron chi connectivity index (χ3n) is 5.13. The summed E-state index contributed by atoms with van der Waals surface area (Å²) in [7, 11) is 0. The van der Waals surface area contributed by atoms with E-state index in [1.54, 1.807) is 37.3 Å². The molecule has 0 fully saturated rings. The Labute approximate surface area is 199 Å². The number of fused-ring (bicyclic) bond motifs is 1. The van der Waals surface area contributed by atoms with Crippen LogP contribution >= 0.6 is 11.3 Å². The first-order chi connectivity index (χ1) is 16.4. The van der Waals surface area contributed by atoms with Crippen LogP contribution in [0.3, 0.4) is 0 Å². The summed E-state index contributed by atoms with van der Waals surface area (Å²) in [5.74, 6) is -0.515. The van der Waals surface area contributed by atoms with Crippen molar-refractivity contribution in [2.24, 2.45) is 4.99 Å². The van der Waals surface area contributed by atoms with E-state index in [0.717, 1.165) is 11.1 Å². The minimum atomic E-state index is -0.664. The highest BCUT2D eigenvalue weighted by Crippen LogP contribution is 2.30. The quantitative estimate of drug-likeness (QED) is 0.312. The fraction of sp³-hybridized carbons (Fsp3) is 0.154. The van der Waals surface area contributed by atoms with E-state index in [0.29, 0.717) is 26.4 Å². The molecule has 0 saturated carbocycles. The average molecular weight is 475 g/mol. The summed E-state index contributed by atoms with van der Waals surface area (Å²) < 4.78 is 12.4. The molecule has 2 aromatic carbocycles. The van der Waals surface area contributed by atoms with Crippen molar-refractivity contribution < 1.29 is 19.1 Å². The molecule has 0 radical (unpaired) electrons. The van der Waals surface area contributed by atoms with Crippen molar-refractivity contribution in [1.29, 1.82) is 0 Å². The van der Waals surface area contributed by atoms with Crippen LogP contribution in [0, 0.1) is 0 Å². The first kappa shape index (κ1) is 23.1. The lowest BCUT2D eigenvalue weighted by molar-refractivity contribution is -0.138. The van der Waals surface area contributed by atoms with E-state index < -0.39 is 18.0 Å². The molecule has 2 heterocycles. The van der Waals surface area contributed by atoms with Crippen molar-refractivity contribution in [3.63, 3.8) is 0 Å². The molecule has 0 aliphatic carbocycles. The van der Waals surface area contributed by atoms with Gasteiger partial charge >= 0.3 is 11.9 Å². The molecule has 0 saturated heterocycles. The highest BCUT2D eigenvalue weighted by Gasteiger charge is 2.33. The van der Waals surface area contributed by atoms with Crippen molar-refractivity contribution in [2.75, 3.05) is 6.61 Å². The fourth-order valence-electron chi connectivity index (χ4n) is 3.70. The second kappa shape index (κ2) is 9.84. The topological polar surface area (TPSA) is 87.0 Å². The van der Waals surface area contributed by atoms with Crippen molar-refractivity contribution in [2.45, 2.75) is 19.9 Å². The fourth-order valence-corrected chi connectivity index (χ4v) is 4.74. The molecule has 1 aromatic heterocycles. The molecule has 0 bridgehead atoms. The van der Waals surface area contributed by atoms with Gasteiger partial charge in [0.25, 0.3) is 5.56 Å². The molecule has 1 aliphatic heterocycles. The van der Waals surface area contributed by atoms with Gasteiger partial charge in [-0.1, -0.05) is 66.5 Å². The zero-order valence-corrected chi connectivity index (χ0v) is 19.5. The maximum Gasteiger partial charge on any atom is 0.338 e. The van der Waals surface area contributed by atoms with Gasteiger partial charge in [-0.3, -0.25) is 14.2 Å². The summed E-state index contributed by atoms with van der Waals surface area (Å²) in [5.41, 5.74) is 2.10. The molecule has 0 amide bonds. The number of ether oxygens (including phenoxy) is 2. The van der Waals surface area contributed by atoms with Gasteiger partial charge < -0.3 is 9.47 Å². The van der Waals surface area contributed by atoms with Gasteiger partial charge in [-0.25, -0.2) is 9.79 Å². The lowest BCUT2D eigenvalue weighted by atomic mass is 9.96. The minimum absolute atomic E-state index is 0.0604. The molecule has 1 atom stereocenters. The van der Waals surface area contributed by atoms with Crippen molar-refractivity contribution in [1.82, 2.24) is 4.57 Å². The summed E-state index contributed by atoms with van der Waals surface area (Å²) in [5, 5.41) is 0. The number of carbonyl (C=O) groups is 2. The van der Waals surface area contributed by atoms with Gasteiger partial charge in [-0.2, -0.15) is 0 Å². The second-order valence-electron chi connectivity index (χ2n) is 7.54. The van der Waals surface area contributed by atoms with E-state index in [-0.39, 0.29) is 12.2 Å². The molecule has 34 heavy (non-hydrogen) atoms. The molecule has 1 aliphatic rings. The Balaban J connectivity index is 1.84. The highest BCUT2D eigenvalue weighted by molar-refractivity contribution is 7.07. The standard InChI is InChI=1S/C26H22N2O5S/c1-4-14-32-25(31)22-16(2)27-26-28(23(22)19-8-6-5-7-9-19)24(30)21(34-26)15-18-10-12-20(13-11-18)33-17(3)29/h4-13,15,23H,1,14H2,2-3H3. The summed E-state index contributed by atoms with van der Waals surface area (Å²) in [6.07, 6.45) is 3.24. The van der Waals surface area contributed by atoms with Crippen LogP contribution in [0.5, 0.6) is 5.75 Å². The summed E-state index contributed by atoms with van der Waals surface area (Å²) in [6, 6.07) is 15.5. The Bertz CT molecular complexity index is 1460. The van der Waals surface area contributed by atoms with Crippen molar-refractivity contribution >= 4 is 29.4 Å². The van der Waals surface area contributed by atoms with Gasteiger partial charge in [0, 0.05) is 6.92 Å². The number of allylic oxidation sites excluding steroid dienone is 1. The molecular formula is C26H22N2O5S. The van der Waals surface area contributed by atoms with Crippen LogP contribution in [-0.2, 0) is 14.3 Å². The van der Waals surface area contributed by atoms with Crippen LogP contribution in [0.2, 0.25) is 0 Å². The van der Waals surface area contributed by atoms with E-state index in [1.165, 1.54) is 28.9 Å². The zero-order valence-electron chi connectivity index (χ0n) is 18.7. The number of thiazole rings is 1. The van der Waals surface area contributed by atoms with Gasteiger partial charge in [0.2, 0.25) is 0 Å². The van der Waals surface area contributed by atoms with Gasteiger partial charge in [0.1, 0.15) is 12.4 Å². The van der Waals surface area contributed by atoms with Gasteiger partial charge in [0.05, 0.1) is 21.8 Å². The van der Waals surface area contributed by atoms with E-state index in [1.807, 2.05) is 30.3 Å². The van der Waals surface area contributed by atoms with Crippen LogP contribution in [-0.4, -0.2) is 23.1 Å². The number of benzene rings is 2. The first-order valence-electron chi connectivity index (χ1n) is 10.5.